The lowest BCUT2D eigenvalue weighted by atomic mass is 10.1. The predicted molar refractivity (Wildman–Crippen MR) is 79.3 cm³/mol. The summed E-state index contributed by atoms with van der Waals surface area (Å²) in [6.45, 7) is 0.995. The number of carbonyl (C=O) groups excluding carboxylic acids is 1. The van der Waals surface area contributed by atoms with Crippen LogP contribution in [0.1, 0.15) is 21.5 Å². The van der Waals surface area contributed by atoms with E-state index in [0.29, 0.717) is 18.8 Å². The van der Waals surface area contributed by atoms with Crippen LogP contribution in [0.2, 0.25) is 0 Å². The topological polar surface area (TPSA) is 44.8 Å². The summed E-state index contributed by atoms with van der Waals surface area (Å²) in [4.78, 5) is 11.3. The molecule has 2 aromatic rings. The lowest BCUT2D eigenvalue weighted by Crippen LogP contribution is -2.01. The number of ether oxygens (including phenoxy) is 3. The zero-order valence-corrected chi connectivity index (χ0v) is 12.2. The molecule has 4 heteroatoms. The van der Waals surface area contributed by atoms with Gasteiger partial charge in [-0.15, -0.1) is 0 Å². The Kier molecular flexibility index (Phi) is 5.35. The zero-order valence-electron chi connectivity index (χ0n) is 12.2. The Morgan fingerprint density at radius 3 is 2.33 bits per heavy atom. The number of methoxy groups -OCH3 is 2. The maximum atomic E-state index is 11.3. The van der Waals surface area contributed by atoms with Gasteiger partial charge in [-0.3, -0.25) is 0 Å². The minimum absolute atomic E-state index is 0.334. The lowest BCUT2D eigenvalue weighted by Gasteiger charge is -2.07. The Bertz CT molecular complexity index is 590. The van der Waals surface area contributed by atoms with Gasteiger partial charge in [-0.1, -0.05) is 24.3 Å². The van der Waals surface area contributed by atoms with E-state index in [4.69, 9.17) is 9.47 Å². The molecule has 0 saturated heterocycles. The minimum atomic E-state index is -0.334. The Balaban J connectivity index is 1.87. The molecule has 21 heavy (non-hydrogen) atoms. The number of carbonyl (C=O) groups is 1. The van der Waals surface area contributed by atoms with Crippen LogP contribution in [0.15, 0.2) is 48.5 Å². The molecule has 0 aliphatic rings. The highest BCUT2D eigenvalue weighted by Crippen LogP contribution is 2.14. The maximum Gasteiger partial charge on any atom is 0.337 e. The van der Waals surface area contributed by atoms with E-state index in [1.807, 2.05) is 36.4 Å². The van der Waals surface area contributed by atoms with Gasteiger partial charge in [-0.2, -0.15) is 0 Å². The first-order valence-electron chi connectivity index (χ1n) is 6.61. The number of hydrogen-bond acceptors (Lipinski definition) is 4. The molecule has 0 aliphatic carbocycles. The molecular formula is C17H18O4. The Morgan fingerprint density at radius 1 is 0.952 bits per heavy atom. The number of rotatable bonds is 6. The van der Waals surface area contributed by atoms with Crippen molar-refractivity contribution < 1.29 is 19.0 Å². The second kappa shape index (κ2) is 7.45. The third-order valence-electron chi connectivity index (χ3n) is 3.05. The molecule has 0 radical (unpaired) electrons. The third kappa shape index (κ3) is 4.33. The summed E-state index contributed by atoms with van der Waals surface area (Å²) >= 11 is 0. The highest BCUT2D eigenvalue weighted by atomic mass is 16.5. The van der Waals surface area contributed by atoms with Gasteiger partial charge in [0, 0.05) is 0 Å². The predicted octanol–water partition coefficient (Wildman–Crippen LogP) is 3.20. The summed E-state index contributed by atoms with van der Waals surface area (Å²) in [5.41, 5.74) is 2.60. The van der Waals surface area contributed by atoms with Crippen LogP contribution in [0.25, 0.3) is 0 Å². The summed E-state index contributed by atoms with van der Waals surface area (Å²) in [5.74, 6) is 0.484. The molecule has 0 spiro atoms. The molecule has 110 valence electrons. The number of benzene rings is 2. The van der Waals surface area contributed by atoms with Crippen molar-refractivity contribution in [3.05, 3.63) is 65.2 Å². The van der Waals surface area contributed by atoms with Gasteiger partial charge in [-0.25, -0.2) is 4.79 Å². The average Bonchev–Trinajstić information content (AvgIpc) is 2.55. The van der Waals surface area contributed by atoms with E-state index in [1.54, 1.807) is 19.2 Å². The van der Waals surface area contributed by atoms with Gasteiger partial charge in [-0.05, 0) is 35.4 Å². The SMILES string of the molecule is COC(=O)c1ccc(COCc2cccc(OC)c2)cc1. The van der Waals surface area contributed by atoms with Crippen LogP contribution >= 0.6 is 0 Å². The minimum Gasteiger partial charge on any atom is -0.497 e. The van der Waals surface area contributed by atoms with E-state index in [0.717, 1.165) is 16.9 Å². The third-order valence-corrected chi connectivity index (χ3v) is 3.05. The van der Waals surface area contributed by atoms with Gasteiger partial charge < -0.3 is 14.2 Å². The van der Waals surface area contributed by atoms with Crippen molar-refractivity contribution >= 4 is 5.97 Å². The van der Waals surface area contributed by atoms with Crippen LogP contribution in [0.4, 0.5) is 0 Å². The van der Waals surface area contributed by atoms with Crippen LogP contribution < -0.4 is 4.74 Å². The zero-order chi connectivity index (χ0) is 15.1. The van der Waals surface area contributed by atoms with Crippen LogP contribution in [-0.4, -0.2) is 20.2 Å². The Labute approximate surface area is 124 Å². The maximum absolute atomic E-state index is 11.3. The fourth-order valence-electron chi connectivity index (χ4n) is 1.90. The Hall–Kier alpha value is -2.33. The van der Waals surface area contributed by atoms with Crippen molar-refractivity contribution in [2.75, 3.05) is 14.2 Å². The summed E-state index contributed by atoms with van der Waals surface area (Å²) in [7, 11) is 3.01. The largest absolute Gasteiger partial charge is 0.497 e. The molecule has 0 saturated carbocycles. The van der Waals surface area contributed by atoms with Crippen molar-refractivity contribution in [3.8, 4) is 5.75 Å². The van der Waals surface area contributed by atoms with Crippen LogP contribution in [0.5, 0.6) is 5.75 Å². The van der Waals surface area contributed by atoms with Crippen LogP contribution in [0.3, 0.4) is 0 Å². The first-order valence-corrected chi connectivity index (χ1v) is 6.61. The van der Waals surface area contributed by atoms with Gasteiger partial charge in [0.15, 0.2) is 0 Å². The molecule has 0 aliphatic heterocycles. The second-order valence-electron chi connectivity index (χ2n) is 4.53. The van der Waals surface area contributed by atoms with Crippen LogP contribution in [-0.2, 0) is 22.7 Å². The molecular weight excluding hydrogens is 268 g/mol. The molecule has 2 aromatic carbocycles. The first-order chi connectivity index (χ1) is 10.2. The van der Waals surface area contributed by atoms with Gasteiger partial charge >= 0.3 is 5.97 Å². The first kappa shape index (κ1) is 15.1. The van der Waals surface area contributed by atoms with Crippen molar-refractivity contribution in [1.29, 1.82) is 0 Å². The second-order valence-corrected chi connectivity index (χ2v) is 4.53. The molecule has 0 heterocycles. The van der Waals surface area contributed by atoms with Gasteiger partial charge in [0.2, 0.25) is 0 Å². The van der Waals surface area contributed by atoms with E-state index in [-0.39, 0.29) is 5.97 Å². The quantitative estimate of drug-likeness (QED) is 0.765. The lowest BCUT2D eigenvalue weighted by molar-refractivity contribution is 0.0600. The molecule has 4 nitrogen and oxygen atoms in total. The summed E-state index contributed by atoms with van der Waals surface area (Å²) < 4.78 is 15.5. The fraction of sp³-hybridized carbons (Fsp3) is 0.235. The monoisotopic (exact) mass is 286 g/mol. The molecule has 0 atom stereocenters. The van der Waals surface area contributed by atoms with E-state index >= 15 is 0 Å². The standard InChI is InChI=1S/C17H18O4/c1-19-16-5-3-4-14(10-16)12-21-11-13-6-8-15(9-7-13)17(18)20-2/h3-10H,11-12H2,1-2H3. The molecule has 0 bridgehead atoms. The summed E-state index contributed by atoms with van der Waals surface area (Å²) in [5, 5.41) is 0. The van der Waals surface area contributed by atoms with Crippen molar-refractivity contribution in [2.45, 2.75) is 13.2 Å². The molecule has 0 amide bonds. The van der Waals surface area contributed by atoms with E-state index in [9.17, 15) is 4.79 Å². The van der Waals surface area contributed by atoms with Crippen molar-refractivity contribution in [3.63, 3.8) is 0 Å². The van der Waals surface area contributed by atoms with Crippen LogP contribution in [0, 0.1) is 0 Å². The van der Waals surface area contributed by atoms with Crippen molar-refractivity contribution in [2.24, 2.45) is 0 Å². The van der Waals surface area contributed by atoms with E-state index < -0.39 is 0 Å². The van der Waals surface area contributed by atoms with Gasteiger partial charge in [0.1, 0.15) is 5.75 Å². The van der Waals surface area contributed by atoms with Gasteiger partial charge in [0.05, 0.1) is 33.0 Å². The molecule has 0 fully saturated rings. The van der Waals surface area contributed by atoms with Gasteiger partial charge in [0.25, 0.3) is 0 Å². The molecule has 0 unspecified atom stereocenters. The normalized spacial score (nSPS) is 10.2. The van der Waals surface area contributed by atoms with E-state index in [2.05, 4.69) is 4.74 Å². The number of hydrogen-bond donors (Lipinski definition) is 0. The fourth-order valence-corrected chi connectivity index (χ4v) is 1.90. The Morgan fingerprint density at radius 2 is 1.67 bits per heavy atom. The highest BCUT2D eigenvalue weighted by molar-refractivity contribution is 5.89. The summed E-state index contributed by atoms with van der Waals surface area (Å²) in [6, 6.07) is 14.9. The highest BCUT2D eigenvalue weighted by Gasteiger charge is 2.04. The molecule has 0 N–H and O–H groups in total. The molecule has 2 rings (SSSR count). The summed E-state index contributed by atoms with van der Waals surface area (Å²) in [6.07, 6.45) is 0. The van der Waals surface area contributed by atoms with E-state index in [1.165, 1.54) is 7.11 Å². The number of esters is 1. The smallest absolute Gasteiger partial charge is 0.337 e. The average molecular weight is 286 g/mol. The molecule has 0 aromatic heterocycles. The van der Waals surface area contributed by atoms with Crippen molar-refractivity contribution in [1.82, 2.24) is 0 Å².